The highest BCUT2D eigenvalue weighted by molar-refractivity contribution is 9.10. The number of benzene rings is 1. The number of halogens is 4. The Morgan fingerprint density at radius 3 is 3.03 bits per heavy atom. The summed E-state index contributed by atoms with van der Waals surface area (Å²) in [5.41, 5.74) is -1.32. The molecule has 0 radical (unpaired) electrons. The number of fused-ring (bicyclic) bond motifs is 2. The van der Waals surface area contributed by atoms with Gasteiger partial charge in [-0.2, -0.15) is 4.98 Å². The first-order chi connectivity index (χ1) is 17.8. The molecule has 3 saturated heterocycles. The summed E-state index contributed by atoms with van der Waals surface area (Å²) in [6.07, 6.45) is 4.83. The Morgan fingerprint density at radius 1 is 1.43 bits per heavy atom. The first-order valence-electron chi connectivity index (χ1n) is 12.5. The van der Waals surface area contributed by atoms with Crippen LogP contribution < -0.4 is 20.3 Å². The Balaban J connectivity index is 1.38. The van der Waals surface area contributed by atoms with Crippen molar-refractivity contribution >= 4 is 38.4 Å². The minimum absolute atomic E-state index is 0.00964. The van der Waals surface area contributed by atoms with Crippen molar-refractivity contribution in [3.8, 4) is 11.8 Å². The summed E-state index contributed by atoms with van der Waals surface area (Å²) in [6, 6.07) is -0.237. The van der Waals surface area contributed by atoms with Gasteiger partial charge in [-0.3, -0.25) is 14.7 Å². The highest BCUT2D eigenvalue weighted by Crippen LogP contribution is 2.42. The zero-order chi connectivity index (χ0) is 26.2. The molecule has 0 spiro atoms. The maximum atomic E-state index is 15.2. The number of alkyl halides is 1. The molecule has 0 amide bonds. The lowest BCUT2D eigenvalue weighted by atomic mass is 9.95. The average Bonchev–Trinajstić information content (AvgIpc) is 3.41. The molecule has 5 rings (SSSR count). The second-order valence-corrected chi connectivity index (χ2v) is 11.1. The number of aromatic amines is 1. The van der Waals surface area contributed by atoms with E-state index in [2.05, 4.69) is 42.7 Å². The van der Waals surface area contributed by atoms with Gasteiger partial charge in [0.2, 0.25) is 0 Å². The van der Waals surface area contributed by atoms with Crippen molar-refractivity contribution in [2.75, 3.05) is 39.5 Å². The molecule has 0 bridgehead atoms. The fourth-order valence-corrected chi connectivity index (χ4v) is 6.22. The number of aromatic nitrogens is 2. The van der Waals surface area contributed by atoms with Crippen molar-refractivity contribution in [2.45, 2.75) is 55.9 Å². The zero-order valence-corrected chi connectivity index (χ0v) is 22.7. The summed E-state index contributed by atoms with van der Waals surface area (Å²) in [4.78, 5) is 22.0. The van der Waals surface area contributed by atoms with Gasteiger partial charge in [-0.25, -0.2) is 8.78 Å². The van der Waals surface area contributed by atoms with E-state index in [0.29, 0.717) is 19.6 Å². The van der Waals surface area contributed by atoms with E-state index in [1.54, 1.807) is 6.08 Å². The molecule has 1 aromatic heterocycles. The van der Waals surface area contributed by atoms with Gasteiger partial charge >= 0.3 is 0 Å². The smallest absolute Gasteiger partial charge is 0.297 e. The molecule has 4 atom stereocenters. The van der Waals surface area contributed by atoms with Gasteiger partial charge in [0.25, 0.3) is 11.6 Å². The third-order valence-corrected chi connectivity index (χ3v) is 8.79. The predicted octanol–water partition coefficient (Wildman–Crippen LogP) is 4.14. The van der Waals surface area contributed by atoms with Crippen LogP contribution in [0, 0.1) is 5.82 Å². The second kappa shape index (κ2) is 11.1. The summed E-state index contributed by atoms with van der Waals surface area (Å²) in [5, 5.41) is 3.22. The first kappa shape index (κ1) is 26.8. The number of rotatable bonds is 9. The largest absolute Gasteiger partial charge is 0.489 e. The van der Waals surface area contributed by atoms with Crippen molar-refractivity contribution in [1.29, 1.82) is 0 Å². The van der Waals surface area contributed by atoms with Crippen molar-refractivity contribution in [3.63, 3.8) is 0 Å². The van der Waals surface area contributed by atoms with E-state index in [4.69, 9.17) is 25.8 Å². The standard InChI is InChI=1S/C25H30BrClF2N4O4/c1-2-15(30-16-5-3-8-35-11-16)12-36-22-17-21(20(29)18(26)19(22)27)31-24(32-23(17)34)37-13-25-6-4-7-33(25)10-14(28)9-25/h2,14-16,30H,1,3-13H2,(H,31,32,34)/t14-,15+,16?,25?/m1/s1. The maximum Gasteiger partial charge on any atom is 0.297 e. The molecule has 2 unspecified atom stereocenters. The van der Waals surface area contributed by atoms with E-state index in [1.807, 2.05) is 0 Å². The Labute approximate surface area is 226 Å². The van der Waals surface area contributed by atoms with Gasteiger partial charge in [0.1, 0.15) is 35.3 Å². The number of ether oxygens (including phenoxy) is 3. The fraction of sp³-hybridized carbons (Fsp3) is 0.600. The number of nitrogens with zero attached hydrogens (tertiary/aromatic N) is 2. The SMILES string of the molecule is C=C[C@@H](COc1c(Cl)c(Br)c(F)c2nc(OCC34CCCN3C[C@H](F)C4)[nH]c(=O)c12)NC1CCCOC1. The molecule has 0 aliphatic carbocycles. The van der Waals surface area contributed by atoms with Gasteiger partial charge in [0, 0.05) is 25.6 Å². The van der Waals surface area contributed by atoms with E-state index >= 15 is 4.39 Å². The monoisotopic (exact) mass is 602 g/mol. The van der Waals surface area contributed by atoms with E-state index in [9.17, 15) is 9.18 Å². The third kappa shape index (κ3) is 5.38. The minimum atomic E-state index is -0.915. The van der Waals surface area contributed by atoms with Gasteiger partial charge in [0.15, 0.2) is 11.6 Å². The van der Waals surface area contributed by atoms with E-state index in [1.165, 1.54) is 0 Å². The quantitative estimate of drug-likeness (QED) is 0.329. The fourth-order valence-electron chi connectivity index (χ4n) is 5.62. The summed E-state index contributed by atoms with van der Waals surface area (Å²) in [6.45, 7) is 6.63. The van der Waals surface area contributed by atoms with Crippen LogP contribution in [0.3, 0.4) is 0 Å². The number of hydrogen-bond donors (Lipinski definition) is 2. The molecule has 202 valence electrons. The predicted molar refractivity (Wildman–Crippen MR) is 140 cm³/mol. The van der Waals surface area contributed by atoms with Crippen molar-refractivity contribution < 1.29 is 23.0 Å². The van der Waals surface area contributed by atoms with E-state index < -0.39 is 23.1 Å². The molecule has 3 fully saturated rings. The van der Waals surface area contributed by atoms with Crippen molar-refractivity contribution in [1.82, 2.24) is 20.2 Å². The second-order valence-electron chi connectivity index (χ2n) is 9.96. The number of hydrogen-bond acceptors (Lipinski definition) is 7. The minimum Gasteiger partial charge on any atom is -0.489 e. The van der Waals surface area contributed by atoms with Gasteiger partial charge < -0.3 is 19.5 Å². The van der Waals surface area contributed by atoms with Crippen molar-refractivity contribution in [2.24, 2.45) is 0 Å². The molecular formula is C25H30BrClF2N4O4. The Bertz CT molecular complexity index is 1230. The van der Waals surface area contributed by atoms with Crippen LogP contribution in [-0.2, 0) is 4.74 Å². The third-order valence-electron chi connectivity index (χ3n) is 7.46. The summed E-state index contributed by atoms with van der Waals surface area (Å²) >= 11 is 9.56. The Hall–Kier alpha value is -1.79. The highest BCUT2D eigenvalue weighted by atomic mass is 79.9. The molecule has 2 N–H and O–H groups in total. The van der Waals surface area contributed by atoms with Crippen LogP contribution in [0.1, 0.15) is 32.1 Å². The normalized spacial score (nSPS) is 26.8. The lowest BCUT2D eigenvalue weighted by Gasteiger charge is -2.30. The Kier molecular flexibility index (Phi) is 8.07. The molecule has 12 heteroatoms. The van der Waals surface area contributed by atoms with Crippen LogP contribution in [0.5, 0.6) is 11.8 Å². The van der Waals surface area contributed by atoms with Crippen LogP contribution in [0.15, 0.2) is 21.9 Å². The molecule has 3 aliphatic rings. The average molecular weight is 604 g/mol. The summed E-state index contributed by atoms with van der Waals surface area (Å²) < 4.78 is 46.5. The lowest BCUT2D eigenvalue weighted by molar-refractivity contribution is 0.0660. The Morgan fingerprint density at radius 2 is 2.27 bits per heavy atom. The van der Waals surface area contributed by atoms with Crippen LogP contribution >= 0.6 is 27.5 Å². The van der Waals surface area contributed by atoms with Crippen LogP contribution in [0.25, 0.3) is 10.9 Å². The summed E-state index contributed by atoms with van der Waals surface area (Å²) in [7, 11) is 0. The molecule has 0 saturated carbocycles. The number of nitrogens with one attached hydrogen (secondary N) is 2. The maximum absolute atomic E-state index is 15.2. The van der Waals surface area contributed by atoms with Gasteiger partial charge in [-0.15, -0.1) is 6.58 Å². The molecule has 3 aliphatic heterocycles. The number of H-pyrrole nitrogens is 1. The lowest BCUT2D eigenvalue weighted by Crippen LogP contribution is -2.44. The highest BCUT2D eigenvalue weighted by Gasteiger charge is 2.49. The van der Waals surface area contributed by atoms with Crippen LogP contribution in [0.4, 0.5) is 8.78 Å². The first-order valence-corrected chi connectivity index (χ1v) is 13.7. The summed E-state index contributed by atoms with van der Waals surface area (Å²) in [5.74, 6) is -0.790. The molecular weight excluding hydrogens is 574 g/mol. The van der Waals surface area contributed by atoms with E-state index in [0.717, 1.165) is 38.8 Å². The topological polar surface area (TPSA) is 88.7 Å². The molecule has 2 aromatic rings. The molecule has 1 aromatic carbocycles. The molecule has 8 nitrogen and oxygen atoms in total. The van der Waals surface area contributed by atoms with Crippen molar-refractivity contribution in [3.05, 3.63) is 38.3 Å². The van der Waals surface area contributed by atoms with Crippen LogP contribution in [-0.4, -0.2) is 78.2 Å². The van der Waals surface area contributed by atoms with Crippen LogP contribution in [0.2, 0.25) is 5.02 Å². The molecule has 4 heterocycles. The zero-order valence-electron chi connectivity index (χ0n) is 20.3. The van der Waals surface area contributed by atoms with Gasteiger partial charge in [0.05, 0.1) is 22.7 Å². The van der Waals surface area contributed by atoms with Gasteiger partial charge in [-0.05, 0) is 48.2 Å². The van der Waals surface area contributed by atoms with Gasteiger partial charge in [-0.1, -0.05) is 17.7 Å². The van der Waals surface area contributed by atoms with E-state index in [-0.39, 0.29) is 57.5 Å². The molecule has 37 heavy (non-hydrogen) atoms.